The number of methoxy groups -OCH3 is 1. The molecule has 0 aromatic rings. The molecule has 3 N–H and O–H groups in total. The Morgan fingerprint density at radius 2 is 2.50 bits per heavy atom. The third-order valence-electron chi connectivity index (χ3n) is 2.53. The predicted octanol–water partition coefficient (Wildman–Crippen LogP) is -1.22. The van der Waals surface area contributed by atoms with Crippen LogP contribution in [0, 0.1) is 0 Å². The van der Waals surface area contributed by atoms with Crippen LogP contribution in [0.1, 0.15) is 6.42 Å². The number of rotatable bonds is 4. The topological polar surface area (TPSA) is 67.6 Å². The predicted molar refractivity (Wildman–Crippen MR) is 53.9 cm³/mol. The van der Waals surface area contributed by atoms with E-state index in [0.717, 1.165) is 19.5 Å². The molecule has 0 spiro atoms. The number of carbonyl (C=O) groups excluding carboxylic acids is 1. The lowest BCUT2D eigenvalue weighted by molar-refractivity contribution is -0.131. The van der Waals surface area contributed by atoms with Crippen molar-refractivity contribution in [1.29, 1.82) is 0 Å². The molecule has 1 aliphatic rings. The lowest BCUT2D eigenvalue weighted by Crippen LogP contribution is -2.45. The minimum absolute atomic E-state index is 0.102. The van der Waals surface area contributed by atoms with Crippen LogP contribution in [0.2, 0.25) is 0 Å². The maximum absolute atomic E-state index is 11.5. The number of ether oxygens (including phenoxy) is 1. The molecule has 14 heavy (non-hydrogen) atoms. The van der Waals surface area contributed by atoms with Crippen molar-refractivity contribution in [3.8, 4) is 0 Å². The van der Waals surface area contributed by atoms with E-state index >= 15 is 0 Å². The highest BCUT2D eigenvalue weighted by Gasteiger charge is 2.24. The minimum Gasteiger partial charge on any atom is -0.370 e. The Hall–Kier alpha value is -0.650. The average molecular weight is 201 g/mol. The third kappa shape index (κ3) is 2.94. The van der Waals surface area contributed by atoms with Crippen LogP contribution < -0.4 is 11.1 Å². The van der Waals surface area contributed by atoms with Gasteiger partial charge in [0.25, 0.3) is 5.91 Å². The van der Waals surface area contributed by atoms with Gasteiger partial charge >= 0.3 is 0 Å². The summed E-state index contributed by atoms with van der Waals surface area (Å²) >= 11 is 0. The summed E-state index contributed by atoms with van der Waals surface area (Å²) in [5.74, 6) is -0.102. The average Bonchev–Trinajstić information content (AvgIpc) is 2.53. The van der Waals surface area contributed by atoms with Crippen LogP contribution >= 0.6 is 0 Å². The molecule has 1 aliphatic heterocycles. The molecule has 1 heterocycles. The first-order valence-electron chi connectivity index (χ1n) is 4.89. The number of carbonyl (C=O) groups is 1. The number of nitrogens with zero attached hydrogens (tertiary/aromatic N) is 1. The second-order valence-corrected chi connectivity index (χ2v) is 3.72. The van der Waals surface area contributed by atoms with E-state index in [1.807, 2.05) is 7.05 Å². The first-order valence-corrected chi connectivity index (χ1v) is 4.89. The van der Waals surface area contributed by atoms with Crippen molar-refractivity contribution in [2.75, 3.05) is 33.8 Å². The molecule has 1 saturated heterocycles. The van der Waals surface area contributed by atoms with Gasteiger partial charge in [-0.2, -0.15) is 0 Å². The molecule has 0 aliphatic carbocycles. The van der Waals surface area contributed by atoms with E-state index in [9.17, 15) is 4.79 Å². The van der Waals surface area contributed by atoms with Crippen LogP contribution in [-0.4, -0.2) is 56.7 Å². The summed E-state index contributed by atoms with van der Waals surface area (Å²) in [6.07, 6.45) is 0.490. The van der Waals surface area contributed by atoms with Crippen LogP contribution in [0.3, 0.4) is 0 Å². The Bertz CT molecular complexity index is 194. The van der Waals surface area contributed by atoms with E-state index in [0.29, 0.717) is 0 Å². The second kappa shape index (κ2) is 5.29. The van der Waals surface area contributed by atoms with Gasteiger partial charge in [0.15, 0.2) is 0 Å². The smallest absolute Gasteiger partial charge is 0.250 e. The molecule has 0 saturated carbocycles. The number of amides is 1. The first kappa shape index (κ1) is 11.4. The van der Waals surface area contributed by atoms with E-state index < -0.39 is 6.10 Å². The first-order chi connectivity index (χ1) is 6.67. The largest absolute Gasteiger partial charge is 0.370 e. The molecule has 5 heteroatoms. The summed E-state index contributed by atoms with van der Waals surface area (Å²) < 4.78 is 4.95. The summed E-state index contributed by atoms with van der Waals surface area (Å²) in [6.45, 7) is 2.17. The molecule has 1 fully saturated rings. The van der Waals surface area contributed by atoms with E-state index in [2.05, 4.69) is 10.2 Å². The Balaban J connectivity index is 2.32. The zero-order chi connectivity index (χ0) is 10.6. The number of nitrogens with one attached hydrogen (secondary N) is 1. The Kier molecular flexibility index (Phi) is 4.31. The van der Waals surface area contributed by atoms with Crippen molar-refractivity contribution in [3.05, 3.63) is 0 Å². The van der Waals surface area contributed by atoms with Gasteiger partial charge in [0.1, 0.15) is 6.10 Å². The van der Waals surface area contributed by atoms with Gasteiger partial charge in [-0.25, -0.2) is 0 Å². The van der Waals surface area contributed by atoms with Crippen LogP contribution in [0.5, 0.6) is 0 Å². The van der Waals surface area contributed by atoms with Crippen LogP contribution in [0.15, 0.2) is 0 Å². The van der Waals surface area contributed by atoms with Gasteiger partial charge in [0.2, 0.25) is 0 Å². The van der Waals surface area contributed by atoms with Crippen molar-refractivity contribution >= 4 is 5.91 Å². The van der Waals surface area contributed by atoms with E-state index in [-0.39, 0.29) is 18.5 Å². The van der Waals surface area contributed by atoms with E-state index in [1.54, 1.807) is 0 Å². The normalized spacial score (nSPS) is 24.9. The van der Waals surface area contributed by atoms with Gasteiger partial charge in [-0.15, -0.1) is 0 Å². The summed E-state index contributed by atoms with van der Waals surface area (Å²) in [4.78, 5) is 13.7. The van der Waals surface area contributed by atoms with Crippen LogP contribution in [0.25, 0.3) is 0 Å². The summed E-state index contributed by atoms with van der Waals surface area (Å²) in [6, 6.07) is 0.247. The number of nitrogens with two attached hydrogens (primary N) is 1. The van der Waals surface area contributed by atoms with Gasteiger partial charge in [0, 0.05) is 26.2 Å². The zero-order valence-electron chi connectivity index (χ0n) is 8.82. The number of hydrogen-bond donors (Lipinski definition) is 2. The Morgan fingerprint density at radius 1 is 1.79 bits per heavy atom. The zero-order valence-corrected chi connectivity index (χ0v) is 8.82. The second-order valence-electron chi connectivity index (χ2n) is 3.72. The van der Waals surface area contributed by atoms with Gasteiger partial charge < -0.3 is 20.7 Å². The molecule has 2 atom stereocenters. The molecular formula is C9H19N3O2. The van der Waals surface area contributed by atoms with Crippen molar-refractivity contribution in [2.45, 2.75) is 18.6 Å². The van der Waals surface area contributed by atoms with Crippen molar-refractivity contribution < 1.29 is 9.53 Å². The maximum atomic E-state index is 11.5. The fourth-order valence-corrected chi connectivity index (χ4v) is 1.66. The molecule has 0 bridgehead atoms. The fourth-order valence-electron chi connectivity index (χ4n) is 1.66. The minimum atomic E-state index is -0.513. The third-order valence-corrected chi connectivity index (χ3v) is 2.53. The molecule has 2 unspecified atom stereocenters. The van der Waals surface area contributed by atoms with Gasteiger partial charge in [0.05, 0.1) is 0 Å². The highest BCUT2D eigenvalue weighted by Crippen LogP contribution is 2.06. The van der Waals surface area contributed by atoms with Crippen molar-refractivity contribution in [3.63, 3.8) is 0 Å². The van der Waals surface area contributed by atoms with Gasteiger partial charge in [-0.1, -0.05) is 0 Å². The van der Waals surface area contributed by atoms with Gasteiger partial charge in [-0.05, 0) is 20.0 Å². The molecular weight excluding hydrogens is 182 g/mol. The van der Waals surface area contributed by atoms with Crippen LogP contribution in [0.4, 0.5) is 0 Å². The van der Waals surface area contributed by atoms with E-state index in [4.69, 9.17) is 10.5 Å². The highest BCUT2D eigenvalue weighted by atomic mass is 16.5. The molecule has 0 radical (unpaired) electrons. The number of hydrogen-bond acceptors (Lipinski definition) is 4. The monoisotopic (exact) mass is 201 g/mol. The maximum Gasteiger partial charge on any atom is 0.250 e. The van der Waals surface area contributed by atoms with Crippen LogP contribution in [-0.2, 0) is 9.53 Å². The molecule has 0 aromatic carbocycles. The molecule has 1 amide bonds. The summed E-state index contributed by atoms with van der Waals surface area (Å²) in [5.41, 5.74) is 5.39. The van der Waals surface area contributed by atoms with Gasteiger partial charge in [-0.3, -0.25) is 4.79 Å². The highest BCUT2D eigenvalue weighted by molar-refractivity contribution is 5.81. The van der Waals surface area contributed by atoms with Crippen molar-refractivity contribution in [1.82, 2.24) is 10.2 Å². The number of likely N-dealkylation sites (N-methyl/N-ethyl adjacent to an activating group) is 1. The molecule has 82 valence electrons. The standard InChI is InChI=1S/C9H19N3O2/c1-12-4-3-7(6-12)11-9(13)8(5-10)14-2/h7-8H,3-6,10H2,1-2H3,(H,11,13). The Labute approximate surface area is 84.6 Å². The fraction of sp³-hybridized carbons (Fsp3) is 0.889. The summed E-state index contributed by atoms with van der Waals surface area (Å²) in [7, 11) is 3.54. The molecule has 5 nitrogen and oxygen atoms in total. The Morgan fingerprint density at radius 3 is 2.93 bits per heavy atom. The quantitative estimate of drug-likeness (QED) is 0.598. The lowest BCUT2D eigenvalue weighted by Gasteiger charge is -2.17. The van der Waals surface area contributed by atoms with E-state index in [1.165, 1.54) is 7.11 Å². The van der Waals surface area contributed by atoms with Crippen molar-refractivity contribution in [2.24, 2.45) is 5.73 Å². The SMILES string of the molecule is COC(CN)C(=O)NC1CCN(C)C1. The summed E-state index contributed by atoms with van der Waals surface area (Å²) in [5, 5.41) is 2.93. The lowest BCUT2D eigenvalue weighted by atomic mass is 10.2. The molecule has 1 rings (SSSR count). The number of likely N-dealkylation sites (tertiary alicyclic amines) is 1. The molecule has 0 aromatic heterocycles.